The van der Waals surface area contributed by atoms with E-state index in [2.05, 4.69) is 32.9 Å². The van der Waals surface area contributed by atoms with Crippen molar-refractivity contribution in [1.29, 1.82) is 0 Å². The Morgan fingerprint density at radius 3 is 2.77 bits per heavy atom. The Bertz CT molecular complexity index is 340. The minimum atomic E-state index is 0.386. The average Bonchev–Trinajstić information content (AvgIpc) is 2.03. The summed E-state index contributed by atoms with van der Waals surface area (Å²) < 4.78 is 0.866. The fourth-order valence-corrected chi connectivity index (χ4v) is 1.37. The minimum absolute atomic E-state index is 0.386. The van der Waals surface area contributed by atoms with E-state index in [1.165, 1.54) is 0 Å². The molecule has 72 valence electrons. The van der Waals surface area contributed by atoms with E-state index < -0.39 is 0 Å². The zero-order valence-corrected chi connectivity index (χ0v) is 9.36. The first kappa shape index (κ1) is 10.7. The topological polar surface area (TPSA) is 56.5 Å². The second-order valence-corrected chi connectivity index (χ2v) is 3.59. The monoisotopic (exact) mass is 234 g/mol. The second-order valence-electron chi connectivity index (χ2n) is 2.35. The number of thiol groups is 1. The van der Waals surface area contributed by atoms with E-state index in [1.54, 1.807) is 0 Å². The largest absolute Gasteiger partial charge is 0.356 e. The van der Waals surface area contributed by atoms with Crippen molar-refractivity contribution < 1.29 is 0 Å². The lowest BCUT2D eigenvalue weighted by molar-refractivity contribution is 0.934. The molecule has 0 atom stereocenters. The second kappa shape index (κ2) is 5.36. The highest BCUT2D eigenvalue weighted by molar-refractivity contribution is 7.80. The summed E-state index contributed by atoms with van der Waals surface area (Å²) in [5.74, 6) is 1.45. The molecule has 0 aliphatic carbocycles. The van der Waals surface area contributed by atoms with Crippen LogP contribution in [0.15, 0.2) is 0 Å². The molecule has 0 aromatic carbocycles. The van der Waals surface area contributed by atoms with Gasteiger partial charge in [0.05, 0.1) is 0 Å². The van der Waals surface area contributed by atoms with Crippen LogP contribution in [-0.4, -0.2) is 27.2 Å². The third kappa shape index (κ3) is 3.88. The smallest absolute Gasteiger partial charge is 0.205 e. The molecule has 0 saturated carbocycles. The van der Waals surface area contributed by atoms with Crippen LogP contribution in [0.3, 0.4) is 0 Å². The highest BCUT2D eigenvalue weighted by Gasteiger charge is 1.92. The van der Waals surface area contributed by atoms with Crippen LogP contribution in [0.1, 0.15) is 6.42 Å². The van der Waals surface area contributed by atoms with Crippen LogP contribution < -0.4 is 5.32 Å². The van der Waals surface area contributed by atoms with Gasteiger partial charge in [0.25, 0.3) is 0 Å². The maximum Gasteiger partial charge on any atom is 0.205 e. The van der Waals surface area contributed by atoms with Crippen LogP contribution in [0.5, 0.6) is 0 Å². The first-order chi connectivity index (χ1) is 6.22. The molecule has 0 amide bonds. The number of hydrogen-bond donors (Lipinski definition) is 4. The van der Waals surface area contributed by atoms with Gasteiger partial charge in [0.1, 0.15) is 0 Å². The SMILES string of the molecule is S=c1nc(NCCCS)[nH]c(=S)[nH]1. The molecule has 4 nitrogen and oxygen atoms in total. The molecular formula is C6H10N4S3. The molecule has 0 spiro atoms. The Hall–Kier alpha value is -0.400. The van der Waals surface area contributed by atoms with E-state index in [1.807, 2.05) is 0 Å². The lowest BCUT2D eigenvalue weighted by Gasteiger charge is -2.02. The number of anilines is 1. The van der Waals surface area contributed by atoms with E-state index in [9.17, 15) is 0 Å². The summed E-state index contributed by atoms with van der Waals surface area (Å²) in [5, 5.41) is 3.06. The maximum absolute atomic E-state index is 4.89. The zero-order valence-electron chi connectivity index (χ0n) is 6.83. The molecular weight excluding hydrogens is 224 g/mol. The zero-order chi connectivity index (χ0) is 9.68. The van der Waals surface area contributed by atoms with Gasteiger partial charge >= 0.3 is 0 Å². The maximum atomic E-state index is 4.89. The van der Waals surface area contributed by atoms with E-state index in [4.69, 9.17) is 24.4 Å². The van der Waals surface area contributed by atoms with Gasteiger partial charge in [0, 0.05) is 6.54 Å². The number of H-pyrrole nitrogens is 2. The van der Waals surface area contributed by atoms with Gasteiger partial charge in [-0.25, -0.2) is 0 Å². The normalized spacial score (nSPS) is 9.92. The molecule has 1 rings (SSSR count). The van der Waals surface area contributed by atoms with Crippen molar-refractivity contribution in [3.8, 4) is 0 Å². The van der Waals surface area contributed by atoms with Crippen molar-refractivity contribution in [2.45, 2.75) is 6.42 Å². The summed E-state index contributed by atoms with van der Waals surface area (Å²) in [6, 6.07) is 0. The van der Waals surface area contributed by atoms with Crippen molar-refractivity contribution >= 4 is 43.0 Å². The number of nitrogens with one attached hydrogen (secondary N) is 3. The number of aromatic nitrogens is 3. The standard InChI is InChI=1S/C6H10N4S3/c11-3-1-2-7-4-8-5(12)10-6(13)9-4/h11H,1-3H2,(H3,7,8,9,10,12,13). The lowest BCUT2D eigenvalue weighted by Crippen LogP contribution is -2.06. The first-order valence-electron chi connectivity index (χ1n) is 3.78. The van der Waals surface area contributed by atoms with Gasteiger partial charge in [-0.2, -0.15) is 17.6 Å². The van der Waals surface area contributed by atoms with Crippen molar-refractivity contribution in [3.63, 3.8) is 0 Å². The molecule has 0 saturated heterocycles. The summed E-state index contributed by atoms with van der Waals surface area (Å²) >= 11 is 13.8. The Balaban J connectivity index is 2.67. The van der Waals surface area contributed by atoms with Crippen LogP contribution in [0.2, 0.25) is 0 Å². The highest BCUT2D eigenvalue weighted by Crippen LogP contribution is 1.95. The third-order valence-corrected chi connectivity index (χ3v) is 2.01. The van der Waals surface area contributed by atoms with E-state index in [0.717, 1.165) is 18.7 Å². The van der Waals surface area contributed by atoms with Crippen molar-refractivity contribution in [2.24, 2.45) is 0 Å². The Morgan fingerprint density at radius 2 is 2.15 bits per heavy atom. The molecule has 0 radical (unpaired) electrons. The molecule has 0 unspecified atom stereocenters. The van der Waals surface area contributed by atoms with Crippen LogP contribution >= 0.6 is 37.1 Å². The molecule has 0 aliphatic rings. The summed E-state index contributed by atoms with van der Waals surface area (Å²) in [4.78, 5) is 9.57. The van der Waals surface area contributed by atoms with Crippen molar-refractivity contribution in [1.82, 2.24) is 15.0 Å². The summed E-state index contributed by atoms with van der Waals surface area (Å²) in [7, 11) is 0. The quantitative estimate of drug-likeness (QED) is 0.365. The van der Waals surface area contributed by atoms with Gasteiger partial charge in [-0.05, 0) is 36.6 Å². The first-order valence-corrected chi connectivity index (χ1v) is 5.22. The minimum Gasteiger partial charge on any atom is -0.356 e. The number of aromatic amines is 2. The molecule has 1 aromatic heterocycles. The van der Waals surface area contributed by atoms with Crippen LogP contribution in [0.4, 0.5) is 5.95 Å². The van der Waals surface area contributed by atoms with Gasteiger partial charge in [-0.1, -0.05) is 0 Å². The predicted octanol–water partition coefficient (Wildman–Crippen LogP) is 1.93. The van der Waals surface area contributed by atoms with Gasteiger partial charge < -0.3 is 15.3 Å². The summed E-state index contributed by atoms with van der Waals surface area (Å²) in [5.41, 5.74) is 0. The van der Waals surface area contributed by atoms with Crippen molar-refractivity contribution in [2.75, 3.05) is 17.6 Å². The molecule has 13 heavy (non-hydrogen) atoms. The highest BCUT2D eigenvalue weighted by atomic mass is 32.1. The van der Waals surface area contributed by atoms with Gasteiger partial charge in [-0.15, -0.1) is 0 Å². The molecule has 1 aromatic rings. The molecule has 0 fully saturated rings. The summed E-state index contributed by atoms with van der Waals surface area (Å²) in [6.07, 6.45) is 0.969. The fourth-order valence-electron chi connectivity index (χ4n) is 0.763. The fraction of sp³-hybridized carbons (Fsp3) is 0.500. The van der Waals surface area contributed by atoms with Gasteiger partial charge in [0.15, 0.2) is 4.77 Å². The molecule has 0 bridgehead atoms. The van der Waals surface area contributed by atoms with Crippen LogP contribution in [0.25, 0.3) is 0 Å². The number of nitrogens with zero attached hydrogens (tertiary/aromatic N) is 1. The molecule has 7 heteroatoms. The van der Waals surface area contributed by atoms with E-state index in [-0.39, 0.29) is 0 Å². The van der Waals surface area contributed by atoms with Crippen LogP contribution in [0, 0.1) is 9.54 Å². The number of hydrogen-bond acceptors (Lipinski definition) is 5. The third-order valence-electron chi connectivity index (χ3n) is 1.29. The number of rotatable bonds is 4. The predicted molar refractivity (Wildman–Crippen MR) is 61.6 cm³/mol. The summed E-state index contributed by atoms with van der Waals surface area (Å²) in [6.45, 7) is 0.806. The lowest BCUT2D eigenvalue weighted by atomic mass is 10.5. The van der Waals surface area contributed by atoms with Crippen LogP contribution in [-0.2, 0) is 0 Å². The molecule has 1 heterocycles. The Labute approximate surface area is 91.6 Å². The molecule has 3 N–H and O–H groups in total. The average molecular weight is 234 g/mol. The van der Waals surface area contributed by atoms with Gasteiger partial charge in [0.2, 0.25) is 10.7 Å². The van der Waals surface area contributed by atoms with Crippen molar-refractivity contribution in [3.05, 3.63) is 9.54 Å². The Morgan fingerprint density at radius 1 is 1.38 bits per heavy atom. The van der Waals surface area contributed by atoms with E-state index >= 15 is 0 Å². The van der Waals surface area contributed by atoms with Gasteiger partial charge in [-0.3, -0.25) is 0 Å². The molecule has 0 aliphatic heterocycles. The Kier molecular flexibility index (Phi) is 4.40. The van der Waals surface area contributed by atoms with E-state index in [0.29, 0.717) is 15.5 Å².